The molecule has 0 heterocycles. The van der Waals surface area contributed by atoms with Crippen molar-refractivity contribution in [2.75, 3.05) is 0 Å². The van der Waals surface area contributed by atoms with Crippen molar-refractivity contribution in [2.45, 2.75) is 12.8 Å². The van der Waals surface area contributed by atoms with Gasteiger partial charge in [-0.1, -0.05) is 44.0 Å². The predicted octanol–water partition coefficient (Wildman–Crippen LogP) is 4.71. The van der Waals surface area contributed by atoms with E-state index in [2.05, 4.69) is 31.9 Å². The molecule has 0 saturated carbocycles. The molecule has 19 heavy (non-hydrogen) atoms. The summed E-state index contributed by atoms with van der Waals surface area (Å²) in [5.74, 6) is -0.268. The number of benzene rings is 2. The maximum Gasteiger partial charge on any atom is 0.141 e. The normalized spacial score (nSPS) is 10.5. The zero-order valence-corrected chi connectivity index (χ0v) is 13.2. The van der Waals surface area contributed by atoms with E-state index in [1.54, 1.807) is 6.07 Å². The largest absolute Gasteiger partial charge is 0.299 e. The molecule has 0 fully saturated rings. The van der Waals surface area contributed by atoms with Gasteiger partial charge >= 0.3 is 0 Å². The molecule has 0 aliphatic carbocycles. The molecule has 4 heteroatoms. The maximum absolute atomic E-state index is 13.2. The van der Waals surface area contributed by atoms with E-state index in [0.29, 0.717) is 16.5 Å². The number of halogens is 3. The summed E-state index contributed by atoms with van der Waals surface area (Å²) in [7, 11) is 0. The van der Waals surface area contributed by atoms with Gasteiger partial charge in [-0.2, -0.15) is 0 Å². The van der Waals surface area contributed by atoms with Crippen LogP contribution in [0.4, 0.5) is 4.39 Å². The number of carbonyl (C=O) groups excluding carboxylic acids is 1. The third-order valence-electron chi connectivity index (χ3n) is 2.61. The summed E-state index contributed by atoms with van der Waals surface area (Å²) >= 11 is 6.59. The molecule has 0 N–H and O–H groups in total. The Morgan fingerprint density at radius 3 is 2.32 bits per heavy atom. The highest BCUT2D eigenvalue weighted by Crippen LogP contribution is 2.17. The van der Waals surface area contributed by atoms with Gasteiger partial charge in [0.2, 0.25) is 0 Å². The Morgan fingerprint density at radius 1 is 0.947 bits per heavy atom. The van der Waals surface area contributed by atoms with Crippen molar-refractivity contribution in [3.8, 4) is 0 Å². The molecule has 0 spiro atoms. The molecule has 0 aromatic heterocycles. The van der Waals surface area contributed by atoms with Gasteiger partial charge in [-0.3, -0.25) is 4.79 Å². The van der Waals surface area contributed by atoms with Gasteiger partial charge in [-0.05, 0) is 41.5 Å². The van der Waals surface area contributed by atoms with Crippen molar-refractivity contribution in [1.82, 2.24) is 0 Å². The second kappa shape index (κ2) is 6.44. The zero-order valence-electron chi connectivity index (χ0n) is 10.00. The number of rotatable bonds is 4. The number of hydrogen-bond acceptors (Lipinski definition) is 1. The van der Waals surface area contributed by atoms with Crippen LogP contribution in [0.3, 0.4) is 0 Å². The van der Waals surface area contributed by atoms with E-state index < -0.39 is 0 Å². The minimum atomic E-state index is -0.334. The van der Waals surface area contributed by atoms with Crippen molar-refractivity contribution < 1.29 is 9.18 Å². The first kappa shape index (κ1) is 14.4. The lowest BCUT2D eigenvalue weighted by Gasteiger charge is -2.04. The summed E-state index contributed by atoms with van der Waals surface area (Å²) in [6, 6.07) is 12.2. The Morgan fingerprint density at radius 2 is 1.63 bits per heavy atom. The van der Waals surface area contributed by atoms with E-state index in [-0.39, 0.29) is 18.0 Å². The molecular formula is C15H11Br2FO. The minimum Gasteiger partial charge on any atom is -0.299 e. The number of ketones is 1. The van der Waals surface area contributed by atoms with Crippen molar-refractivity contribution in [3.63, 3.8) is 0 Å². The third-order valence-corrected chi connectivity index (χ3v) is 3.57. The van der Waals surface area contributed by atoms with Crippen LogP contribution in [0.1, 0.15) is 11.1 Å². The molecule has 98 valence electrons. The summed E-state index contributed by atoms with van der Waals surface area (Å²) in [5.41, 5.74) is 1.64. The van der Waals surface area contributed by atoms with Gasteiger partial charge in [0.15, 0.2) is 0 Å². The summed E-state index contributed by atoms with van der Waals surface area (Å²) < 4.78 is 14.8. The molecule has 0 aliphatic heterocycles. The predicted molar refractivity (Wildman–Crippen MR) is 80.7 cm³/mol. The van der Waals surface area contributed by atoms with Crippen LogP contribution in [-0.2, 0) is 17.6 Å². The van der Waals surface area contributed by atoms with Crippen LogP contribution in [0.5, 0.6) is 0 Å². The van der Waals surface area contributed by atoms with Crippen LogP contribution < -0.4 is 0 Å². The first-order valence-corrected chi connectivity index (χ1v) is 7.32. The topological polar surface area (TPSA) is 17.1 Å². The zero-order chi connectivity index (χ0) is 13.8. The smallest absolute Gasteiger partial charge is 0.141 e. The van der Waals surface area contributed by atoms with Crippen LogP contribution >= 0.6 is 31.9 Å². The fourth-order valence-electron chi connectivity index (χ4n) is 1.88. The average Bonchev–Trinajstić information content (AvgIpc) is 2.26. The van der Waals surface area contributed by atoms with E-state index in [4.69, 9.17) is 0 Å². The number of hydrogen-bond donors (Lipinski definition) is 0. The van der Waals surface area contributed by atoms with Crippen LogP contribution in [0.2, 0.25) is 0 Å². The molecule has 0 atom stereocenters. The Balaban J connectivity index is 2.05. The Hall–Kier alpha value is -1.00. The fraction of sp³-hybridized carbons (Fsp3) is 0.133. The summed E-state index contributed by atoms with van der Waals surface area (Å²) in [6.07, 6.45) is 0.594. The van der Waals surface area contributed by atoms with Crippen LogP contribution in [0.25, 0.3) is 0 Å². The quantitative estimate of drug-likeness (QED) is 0.745. The highest BCUT2D eigenvalue weighted by molar-refractivity contribution is 9.10. The van der Waals surface area contributed by atoms with E-state index in [1.807, 2.05) is 24.3 Å². The molecular weight excluding hydrogens is 375 g/mol. The number of Topliss-reactive ketones (excluding diaryl/α,β-unsaturated/α-hetero) is 1. The number of carbonyl (C=O) groups is 1. The average molecular weight is 386 g/mol. The molecule has 0 saturated heterocycles. The van der Waals surface area contributed by atoms with Gasteiger partial charge < -0.3 is 0 Å². The lowest BCUT2D eigenvalue weighted by atomic mass is 10.0. The van der Waals surface area contributed by atoms with Crippen LogP contribution in [-0.4, -0.2) is 5.78 Å². The van der Waals surface area contributed by atoms with Crippen molar-refractivity contribution >= 4 is 37.6 Å². The van der Waals surface area contributed by atoms with Gasteiger partial charge in [0.05, 0.1) is 0 Å². The van der Waals surface area contributed by atoms with Crippen molar-refractivity contribution in [3.05, 3.63) is 68.4 Å². The standard InChI is InChI=1S/C15H11Br2FO/c16-12-3-1-2-10(4-12)7-15(19)8-11-5-13(17)9-14(18)6-11/h1-6,9H,7-8H2. The lowest BCUT2D eigenvalue weighted by molar-refractivity contribution is -0.117. The summed E-state index contributed by atoms with van der Waals surface area (Å²) in [6.45, 7) is 0. The van der Waals surface area contributed by atoms with Gasteiger partial charge in [0.1, 0.15) is 11.6 Å². The summed E-state index contributed by atoms with van der Waals surface area (Å²) in [4.78, 5) is 12.0. The Kier molecular flexibility index (Phi) is 4.88. The van der Waals surface area contributed by atoms with Crippen molar-refractivity contribution in [2.24, 2.45) is 0 Å². The first-order valence-electron chi connectivity index (χ1n) is 5.74. The van der Waals surface area contributed by atoms with E-state index >= 15 is 0 Å². The second-order valence-corrected chi connectivity index (χ2v) is 6.13. The molecule has 0 bridgehead atoms. The van der Waals surface area contributed by atoms with E-state index in [1.165, 1.54) is 12.1 Å². The summed E-state index contributed by atoms with van der Waals surface area (Å²) in [5, 5.41) is 0. The lowest BCUT2D eigenvalue weighted by Crippen LogP contribution is -2.06. The highest BCUT2D eigenvalue weighted by Gasteiger charge is 2.07. The van der Waals surface area contributed by atoms with Gasteiger partial charge in [-0.25, -0.2) is 4.39 Å². The van der Waals surface area contributed by atoms with Gasteiger partial charge in [0, 0.05) is 21.8 Å². The van der Waals surface area contributed by atoms with Crippen LogP contribution in [0, 0.1) is 5.82 Å². The molecule has 2 aromatic rings. The molecule has 1 nitrogen and oxygen atoms in total. The minimum absolute atomic E-state index is 0.0654. The Bertz CT molecular complexity index is 591. The van der Waals surface area contributed by atoms with E-state index in [0.717, 1.165) is 10.0 Å². The maximum atomic E-state index is 13.2. The van der Waals surface area contributed by atoms with Crippen molar-refractivity contribution in [1.29, 1.82) is 0 Å². The molecule has 0 aliphatic rings. The second-order valence-electron chi connectivity index (χ2n) is 4.30. The molecule has 0 unspecified atom stereocenters. The molecule has 0 amide bonds. The monoisotopic (exact) mass is 384 g/mol. The molecule has 2 aromatic carbocycles. The van der Waals surface area contributed by atoms with Gasteiger partial charge in [-0.15, -0.1) is 0 Å². The molecule has 0 radical (unpaired) electrons. The van der Waals surface area contributed by atoms with Gasteiger partial charge in [0.25, 0.3) is 0 Å². The Labute approximate surface area is 128 Å². The molecule has 2 rings (SSSR count). The SMILES string of the molecule is O=C(Cc1cccc(Br)c1)Cc1cc(F)cc(Br)c1. The van der Waals surface area contributed by atoms with Crippen LogP contribution in [0.15, 0.2) is 51.4 Å². The van der Waals surface area contributed by atoms with E-state index in [9.17, 15) is 9.18 Å². The fourth-order valence-corrected chi connectivity index (χ4v) is 2.84. The first-order chi connectivity index (χ1) is 9.02. The third kappa shape index (κ3) is 4.55. The highest BCUT2D eigenvalue weighted by atomic mass is 79.9.